The van der Waals surface area contributed by atoms with Crippen LogP contribution in [0.1, 0.15) is 40.0 Å². The zero-order valence-electron chi connectivity index (χ0n) is 6.65. The van der Waals surface area contributed by atoms with Gasteiger partial charge in [0.1, 0.15) is 6.17 Å². The Kier molecular flexibility index (Phi) is 4.74. The van der Waals surface area contributed by atoms with Crippen LogP contribution in [0.4, 0.5) is 4.39 Å². The van der Waals surface area contributed by atoms with E-state index in [1.807, 2.05) is 6.92 Å². The van der Waals surface area contributed by atoms with Crippen LogP contribution < -0.4 is 0 Å². The highest BCUT2D eigenvalue weighted by Crippen LogP contribution is 2.13. The summed E-state index contributed by atoms with van der Waals surface area (Å²) in [5.74, 6) is 0.556. The first kappa shape index (κ1) is 8.93. The van der Waals surface area contributed by atoms with Crippen molar-refractivity contribution in [1.29, 1.82) is 0 Å². The quantitative estimate of drug-likeness (QED) is 0.551. The average molecular weight is 132 g/mol. The van der Waals surface area contributed by atoms with E-state index in [4.69, 9.17) is 0 Å². The fourth-order valence-corrected chi connectivity index (χ4v) is 0.770. The van der Waals surface area contributed by atoms with E-state index in [2.05, 4.69) is 13.8 Å². The Balaban J connectivity index is 3.22. The third kappa shape index (κ3) is 4.43. The maximum atomic E-state index is 12.6. The van der Waals surface area contributed by atoms with Gasteiger partial charge in [-0.25, -0.2) is 4.39 Å². The summed E-state index contributed by atoms with van der Waals surface area (Å²) in [7, 11) is 0. The summed E-state index contributed by atoms with van der Waals surface area (Å²) in [4.78, 5) is 0. The molecule has 0 N–H and O–H groups in total. The lowest BCUT2D eigenvalue weighted by atomic mass is 10.0. The molecule has 0 saturated heterocycles. The van der Waals surface area contributed by atoms with Crippen LogP contribution in [0.15, 0.2) is 0 Å². The maximum absolute atomic E-state index is 12.6. The summed E-state index contributed by atoms with van der Waals surface area (Å²) < 4.78 is 12.6. The molecule has 0 bridgehead atoms. The van der Waals surface area contributed by atoms with Gasteiger partial charge >= 0.3 is 0 Å². The number of hydrogen-bond acceptors (Lipinski definition) is 0. The molecule has 0 amide bonds. The van der Waals surface area contributed by atoms with Gasteiger partial charge in [0.25, 0.3) is 0 Å². The van der Waals surface area contributed by atoms with Crippen molar-refractivity contribution >= 4 is 0 Å². The summed E-state index contributed by atoms with van der Waals surface area (Å²) in [5.41, 5.74) is 0. The molecule has 9 heavy (non-hydrogen) atoms. The summed E-state index contributed by atoms with van der Waals surface area (Å²) in [5, 5.41) is 0. The summed E-state index contributed by atoms with van der Waals surface area (Å²) >= 11 is 0. The topological polar surface area (TPSA) is 0 Å². The van der Waals surface area contributed by atoms with Gasteiger partial charge in [-0.05, 0) is 18.8 Å². The lowest BCUT2D eigenvalue weighted by molar-refractivity contribution is 0.265. The van der Waals surface area contributed by atoms with Crippen molar-refractivity contribution in [3.63, 3.8) is 0 Å². The van der Waals surface area contributed by atoms with Gasteiger partial charge in [-0.3, -0.25) is 0 Å². The second-order valence-electron chi connectivity index (χ2n) is 2.75. The smallest absolute Gasteiger partial charge is 0.100 e. The lowest BCUT2D eigenvalue weighted by Gasteiger charge is -2.09. The van der Waals surface area contributed by atoms with Crippen molar-refractivity contribution in [2.75, 3.05) is 0 Å². The fraction of sp³-hybridized carbons (Fsp3) is 1.00. The zero-order chi connectivity index (χ0) is 7.28. The van der Waals surface area contributed by atoms with Gasteiger partial charge in [-0.15, -0.1) is 0 Å². The van der Waals surface area contributed by atoms with Crippen LogP contribution in [0, 0.1) is 5.92 Å². The largest absolute Gasteiger partial charge is 0.247 e. The lowest BCUT2D eigenvalue weighted by Crippen LogP contribution is -2.04. The molecule has 0 rings (SSSR count). The second kappa shape index (κ2) is 4.78. The molecule has 0 aromatic heterocycles. The van der Waals surface area contributed by atoms with E-state index in [1.54, 1.807) is 0 Å². The Morgan fingerprint density at radius 2 is 1.78 bits per heavy atom. The van der Waals surface area contributed by atoms with E-state index in [0.717, 1.165) is 12.8 Å². The Morgan fingerprint density at radius 1 is 1.22 bits per heavy atom. The second-order valence-corrected chi connectivity index (χ2v) is 2.75. The molecule has 0 fully saturated rings. The van der Waals surface area contributed by atoms with E-state index in [1.165, 1.54) is 0 Å². The molecule has 0 aliphatic rings. The average Bonchev–Trinajstić information content (AvgIpc) is 1.87. The van der Waals surface area contributed by atoms with E-state index in [0.29, 0.717) is 12.3 Å². The van der Waals surface area contributed by atoms with Crippen LogP contribution >= 0.6 is 0 Å². The molecule has 56 valence electrons. The molecule has 0 aromatic carbocycles. The summed E-state index contributed by atoms with van der Waals surface area (Å²) in [6, 6.07) is 0. The van der Waals surface area contributed by atoms with Gasteiger partial charge in [0, 0.05) is 0 Å². The fourth-order valence-electron chi connectivity index (χ4n) is 0.770. The van der Waals surface area contributed by atoms with E-state index >= 15 is 0 Å². The minimum absolute atomic E-state index is 0.556. The van der Waals surface area contributed by atoms with Gasteiger partial charge in [0.15, 0.2) is 0 Å². The van der Waals surface area contributed by atoms with E-state index < -0.39 is 6.17 Å². The molecule has 2 atom stereocenters. The van der Waals surface area contributed by atoms with Crippen molar-refractivity contribution in [3.05, 3.63) is 0 Å². The molecule has 1 heteroatoms. The minimum atomic E-state index is -0.569. The molecule has 0 aliphatic heterocycles. The molecular formula is C8H17F. The van der Waals surface area contributed by atoms with Crippen LogP contribution in [-0.4, -0.2) is 6.17 Å². The Labute approximate surface area is 57.5 Å². The Hall–Kier alpha value is -0.0700. The summed E-state index contributed by atoms with van der Waals surface area (Å²) in [6.45, 7) is 6.10. The molecule has 0 heterocycles. The van der Waals surface area contributed by atoms with Crippen molar-refractivity contribution < 1.29 is 4.39 Å². The monoisotopic (exact) mass is 132 g/mol. The third-order valence-corrected chi connectivity index (χ3v) is 1.80. The van der Waals surface area contributed by atoms with Crippen LogP contribution in [0.25, 0.3) is 0 Å². The number of rotatable bonds is 4. The molecule has 1 unspecified atom stereocenters. The number of hydrogen-bond donors (Lipinski definition) is 0. The Morgan fingerprint density at radius 3 is 2.11 bits per heavy atom. The normalized spacial score (nSPS) is 17.3. The first-order chi connectivity index (χ1) is 4.20. The van der Waals surface area contributed by atoms with Gasteiger partial charge in [0.2, 0.25) is 0 Å². The predicted molar refractivity (Wildman–Crippen MR) is 39.3 cm³/mol. The molecule has 0 radical (unpaired) electrons. The highest BCUT2D eigenvalue weighted by atomic mass is 19.1. The first-order valence-electron chi connectivity index (χ1n) is 3.84. The van der Waals surface area contributed by atoms with Gasteiger partial charge in [-0.2, -0.15) is 0 Å². The number of alkyl halides is 1. The third-order valence-electron chi connectivity index (χ3n) is 1.80. The summed E-state index contributed by atoms with van der Waals surface area (Å²) in [6.07, 6.45) is 1.94. The van der Waals surface area contributed by atoms with Crippen molar-refractivity contribution in [2.24, 2.45) is 5.92 Å². The Bertz CT molecular complexity index is 53.6. The molecule has 0 saturated carbocycles. The molecule has 0 aliphatic carbocycles. The number of halogens is 1. The van der Waals surface area contributed by atoms with Gasteiger partial charge in [0.05, 0.1) is 0 Å². The van der Waals surface area contributed by atoms with E-state index in [9.17, 15) is 4.39 Å². The van der Waals surface area contributed by atoms with Crippen molar-refractivity contribution in [2.45, 2.75) is 46.2 Å². The van der Waals surface area contributed by atoms with Crippen LogP contribution in [0.5, 0.6) is 0 Å². The SMILES string of the molecule is CCC(F)C[C@H](C)CC. The van der Waals surface area contributed by atoms with Crippen LogP contribution in [-0.2, 0) is 0 Å². The standard InChI is InChI=1S/C8H17F/c1-4-7(3)6-8(9)5-2/h7-8H,4-6H2,1-3H3/t7-,8?/m1/s1. The molecular weight excluding hydrogens is 115 g/mol. The van der Waals surface area contributed by atoms with Crippen LogP contribution in [0.2, 0.25) is 0 Å². The van der Waals surface area contributed by atoms with Gasteiger partial charge < -0.3 is 0 Å². The highest BCUT2D eigenvalue weighted by Gasteiger charge is 2.06. The molecule has 0 aromatic rings. The van der Waals surface area contributed by atoms with Gasteiger partial charge in [-0.1, -0.05) is 27.2 Å². The molecule has 0 spiro atoms. The van der Waals surface area contributed by atoms with Crippen LogP contribution in [0.3, 0.4) is 0 Å². The maximum Gasteiger partial charge on any atom is 0.100 e. The highest BCUT2D eigenvalue weighted by molar-refractivity contribution is 4.57. The van der Waals surface area contributed by atoms with Crippen molar-refractivity contribution in [1.82, 2.24) is 0 Å². The minimum Gasteiger partial charge on any atom is -0.247 e. The predicted octanol–water partition coefficient (Wildman–Crippen LogP) is 3.17. The molecule has 0 nitrogen and oxygen atoms in total. The van der Waals surface area contributed by atoms with E-state index in [-0.39, 0.29) is 0 Å². The zero-order valence-corrected chi connectivity index (χ0v) is 6.65. The first-order valence-corrected chi connectivity index (χ1v) is 3.84. The van der Waals surface area contributed by atoms with Crippen molar-refractivity contribution in [3.8, 4) is 0 Å².